The van der Waals surface area contributed by atoms with Gasteiger partial charge in [-0.25, -0.2) is 0 Å². The average molecular weight is 306 g/mol. The van der Waals surface area contributed by atoms with Crippen LogP contribution in [0.5, 0.6) is 0 Å². The Morgan fingerprint density at radius 3 is 3.10 bits per heavy atom. The van der Waals surface area contributed by atoms with Crippen LogP contribution in [0, 0.1) is 0 Å². The third-order valence-corrected chi connectivity index (χ3v) is 4.41. The van der Waals surface area contributed by atoms with Gasteiger partial charge in [-0.2, -0.15) is 0 Å². The fourth-order valence-corrected chi connectivity index (χ4v) is 3.18. The fraction of sp³-hybridized carbons (Fsp3) is 0.467. The molecule has 1 N–H and O–H groups in total. The van der Waals surface area contributed by atoms with Crippen molar-refractivity contribution in [3.05, 3.63) is 29.3 Å². The van der Waals surface area contributed by atoms with Crippen molar-refractivity contribution in [3.63, 3.8) is 0 Å². The monoisotopic (exact) mass is 306 g/mol. The van der Waals surface area contributed by atoms with Gasteiger partial charge in [-0.3, -0.25) is 4.79 Å². The molecule has 0 aromatic carbocycles. The van der Waals surface area contributed by atoms with Crippen LogP contribution in [0.2, 0.25) is 0 Å². The summed E-state index contributed by atoms with van der Waals surface area (Å²) < 4.78 is 10.6. The number of rotatable bonds is 6. The number of aromatic nitrogens is 1. The summed E-state index contributed by atoms with van der Waals surface area (Å²) in [7, 11) is 0. The molecular formula is C15H18N2O3S. The number of thiophene rings is 1. The standard InChI is InChI=1S/C15H18N2O3S/c18-15(16-11-4-1-2-5-11)10-19-9-12-8-13(20-17-12)14-6-3-7-21-14/h3,6-8,11H,1-2,4-5,9-10H2,(H,16,18). The topological polar surface area (TPSA) is 64.4 Å². The Bertz CT molecular complexity index is 574. The first kappa shape index (κ1) is 14.3. The van der Waals surface area contributed by atoms with Crippen molar-refractivity contribution in [1.82, 2.24) is 10.5 Å². The third-order valence-electron chi connectivity index (χ3n) is 3.53. The number of amides is 1. The Kier molecular flexibility index (Phi) is 4.67. The van der Waals surface area contributed by atoms with Crippen molar-refractivity contribution in [1.29, 1.82) is 0 Å². The van der Waals surface area contributed by atoms with Crippen LogP contribution >= 0.6 is 11.3 Å². The molecule has 0 aliphatic heterocycles. The van der Waals surface area contributed by atoms with Gasteiger partial charge in [-0.15, -0.1) is 11.3 Å². The van der Waals surface area contributed by atoms with E-state index >= 15 is 0 Å². The zero-order valence-electron chi connectivity index (χ0n) is 11.7. The Labute approximate surface area is 127 Å². The predicted molar refractivity (Wildman–Crippen MR) is 79.9 cm³/mol. The van der Waals surface area contributed by atoms with Crippen molar-refractivity contribution in [2.45, 2.75) is 38.3 Å². The van der Waals surface area contributed by atoms with Crippen LogP contribution in [0.3, 0.4) is 0 Å². The highest BCUT2D eigenvalue weighted by Crippen LogP contribution is 2.25. The first-order valence-corrected chi connectivity index (χ1v) is 8.06. The molecule has 5 nitrogen and oxygen atoms in total. The van der Waals surface area contributed by atoms with Gasteiger partial charge in [0.1, 0.15) is 12.3 Å². The molecule has 0 unspecified atom stereocenters. The largest absolute Gasteiger partial charge is 0.365 e. The number of ether oxygens (including phenoxy) is 1. The van der Waals surface area contributed by atoms with Crippen LogP contribution in [-0.2, 0) is 16.1 Å². The van der Waals surface area contributed by atoms with E-state index in [1.165, 1.54) is 12.8 Å². The minimum Gasteiger partial charge on any atom is -0.365 e. The van der Waals surface area contributed by atoms with Crippen LogP contribution in [0.15, 0.2) is 28.1 Å². The van der Waals surface area contributed by atoms with E-state index in [1.807, 2.05) is 23.6 Å². The second-order valence-corrected chi connectivity index (χ2v) is 6.15. The summed E-state index contributed by atoms with van der Waals surface area (Å²) in [6, 6.07) is 6.12. The molecule has 0 atom stereocenters. The minimum absolute atomic E-state index is 0.0520. The lowest BCUT2D eigenvalue weighted by Crippen LogP contribution is -2.35. The molecule has 21 heavy (non-hydrogen) atoms. The lowest BCUT2D eigenvalue weighted by atomic mass is 10.2. The molecular weight excluding hydrogens is 288 g/mol. The van der Waals surface area contributed by atoms with Gasteiger partial charge < -0.3 is 14.6 Å². The molecule has 1 amide bonds. The molecule has 0 spiro atoms. The van der Waals surface area contributed by atoms with Gasteiger partial charge in [0.25, 0.3) is 0 Å². The van der Waals surface area contributed by atoms with Crippen LogP contribution in [0.25, 0.3) is 10.6 Å². The van der Waals surface area contributed by atoms with E-state index in [1.54, 1.807) is 11.3 Å². The molecule has 1 fully saturated rings. The number of hydrogen-bond acceptors (Lipinski definition) is 5. The molecule has 0 saturated heterocycles. The van der Waals surface area contributed by atoms with Crippen LogP contribution < -0.4 is 5.32 Å². The third kappa shape index (κ3) is 3.92. The summed E-state index contributed by atoms with van der Waals surface area (Å²) in [6.07, 6.45) is 4.57. The van der Waals surface area contributed by atoms with E-state index < -0.39 is 0 Å². The molecule has 0 bridgehead atoms. The van der Waals surface area contributed by atoms with Crippen molar-refractivity contribution >= 4 is 17.2 Å². The van der Waals surface area contributed by atoms with Crippen LogP contribution in [-0.4, -0.2) is 23.7 Å². The summed E-state index contributed by atoms with van der Waals surface area (Å²) in [5.74, 6) is 0.683. The maximum absolute atomic E-state index is 11.7. The van der Waals surface area contributed by atoms with Crippen molar-refractivity contribution in [2.24, 2.45) is 0 Å². The van der Waals surface area contributed by atoms with E-state index in [9.17, 15) is 4.79 Å². The average Bonchev–Trinajstić information content (AvgIpc) is 3.21. The Hall–Kier alpha value is -1.66. The van der Waals surface area contributed by atoms with Crippen molar-refractivity contribution in [2.75, 3.05) is 6.61 Å². The summed E-state index contributed by atoms with van der Waals surface area (Å²) in [5, 5.41) is 8.92. The van der Waals surface area contributed by atoms with E-state index in [0.29, 0.717) is 11.7 Å². The normalized spacial score (nSPS) is 15.4. The second-order valence-electron chi connectivity index (χ2n) is 5.20. The number of carbonyl (C=O) groups excluding carboxylic acids is 1. The smallest absolute Gasteiger partial charge is 0.246 e. The number of nitrogens with zero attached hydrogens (tertiary/aromatic N) is 1. The first-order valence-electron chi connectivity index (χ1n) is 7.18. The summed E-state index contributed by atoms with van der Waals surface area (Å²) in [4.78, 5) is 12.7. The van der Waals surface area contributed by atoms with E-state index in [4.69, 9.17) is 9.26 Å². The number of carbonyl (C=O) groups is 1. The molecule has 2 aromatic rings. The molecule has 0 radical (unpaired) electrons. The molecule has 2 aromatic heterocycles. The van der Waals surface area contributed by atoms with Crippen LogP contribution in [0.1, 0.15) is 31.4 Å². The molecule has 1 aliphatic rings. The minimum atomic E-state index is -0.0520. The molecule has 6 heteroatoms. The van der Waals surface area contributed by atoms with Gasteiger partial charge in [0.15, 0.2) is 5.76 Å². The lowest BCUT2D eigenvalue weighted by molar-refractivity contribution is -0.126. The summed E-state index contributed by atoms with van der Waals surface area (Å²) in [6.45, 7) is 0.352. The Balaban J connectivity index is 1.42. The highest BCUT2D eigenvalue weighted by molar-refractivity contribution is 7.13. The van der Waals surface area contributed by atoms with Gasteiger partial charge in [-0.1, -0.05) is 24.1 Å². The zero-order chi connectivity index (χ0) is 14.5. The maximum Gasteiger partial charge on any atom is 0.246 e. The first-order chi connectivity index (χ1) is 10.3. The molecule has 3 rings (SSSR count). The highest BCUT2D eigenvalue weighted by Gasteiger charge is 2.17. The van der Waals surface area contributed by atoms with Gasteiger partial charge in [-0.05, 0) is 24.3 Å². The van der Waals surface area contributed by atoms with Crippen molar-refractivity contribution < 1.29 is 14.1 Å². The number of nitrogens with one attached hydrogen (secondary N) is 1. The van der Waals surface area contributed by atoms with Crippen molar-refractivity contribution in [3.8, 4) is 10.6 Å². The zero-order valence-corrected chi connectivity index (χ0v) is 12.5. The van der Waals surface area contributed by atoms with Gasteiger partial charge in [0.2, 0.25) is 5.91 Å². The predicted octanol–water partition coefficient (Wildman–Crippen LogP) is 2.98. The van der Waals surface area contributed by atoms with Gasteiger partial charge in [0.05, 0.1) is 11.5 Å². The van der Waals surface area contributed by atoms with Gasteiger partial charge in [0, 0.05) is 12.1 Å². The van der Waals surface area contributed by atoms with Crippen LogP contribution in [0.4, 0.5) is 0 Å². The Morgan fingerprint density at radius 2 is 2.33 bits per heavy atom. The molecule has 1 aliphatic carbocycles. The van der Waals surface area contributed by atoms with Gasteiger partial charge >= 0.3 is 0 Å². The number of hydrogen-bond donors (Lipinski definition) is 1. The lowest BCUT2D eigenvalue weighted by Gasteiger charge is -2.11. The summed E-state index contributed by atoms with van der Waals surface area (Å²) >= 11 is 1.60. The molecule has 2 heterocycles. The fourth-order valence-electron chi connectivity index (χ4n) is 2.50. The highest BCUT2D eigenvalue weighted by atomic mass is 32.1. The Morgan fingerprint density at radius 1 is 1.48 bits per heavy atom. The second kappa shape index (κ2) is 6.87. The quantitative estimate of drug-likeness (QED) is 0.891. The van der Waals surface area contributed by atoms with E-state index in [2.05, 4.69) is 10.5 Å². The molecule has 112 valence electrons. The molecule has 1 saturated carbocycles. The summed E-state index contributed by atoms with van der Waals surface area (Å²) in [5.41, 5.74) is 0.701. The van der Waals surface area contributed by atoms with E-state index in [-0.39, 0.29) is 19.1 Å². The SMILES string of the molecule is O=C(COCc1cc(-c2cccs2)on1)NC1CCCC1. The maximum atomic E-state index is 11.7. The van der Waals surface area contributed by atoms with E-state index in [0.717, 1.165) is 23.5 Å².